The number of benzene rings is 1. The molecule has 0 radical (unpaired) electrons. The zero-order valence-corrected chi connectivity index (χ0v) is 15.7. The Balaban J connectivity index is 1.46. The van der Waals surface area contributed by atoms with Gasteiger partial charge in [0.2, 0.25) is 0 Å². The highest BCUT2D eigenvalue weighted by atomic mass is 32.1. The Morgan fingerprint density at radius 1 is 1.26 bits per heavy atom. The van der Waals surface area contributed by atoms with E-state index in [2.05, 4.69) is 5.32 Å². The number of carbonyl (C=O) groups excluding carboxylic acids is 3. The van der Waals surface area contributed by atoms with Gasteiger partial charge in [-0.3, -0.25) is 14.4 Å². The quantitative estimate of drug-likeness (QED) is 0.735. The number of hydrogen-bond donors (Lipinski definition) is 1. The Morgan fingerprint density at radius 2 is 2.07 bits per heavy atom. The molecule has 0 saturated carbocycles. The molecule has 1 unspecified atom stereocenters. The van der Waals surface area contributed by atoms with Crippen LogP contribution < -0.4 is 15.0 Å². The number of ether oxygens (including phenoxy) is 2. The number of para-hydroxylation sites is 2. The summed E-state index contributed by atoms with van der Waals surface area (Å²) in [5.41, 5.74) is 0.627. The number of rotatable bonds is 7. The molecule has 0 spiro atoms. The van der Waals surface area contributed by atoms with Crippen molar-refractivity contribution in [3.05, 3.63) is 46.7 Å². The maximum absolute atomic E-state index is 12.4. The first-order chi connectivity index (χ1) is 13.0. The molecule has 0 fully saturated rings. The molecule has 1 aromatic carbocycles. The molecule has 7 nitrogen and oxygen atoms in total. The molecule has 142 valence electrons. The Bertz CT molecular complexity index is 821. The normalized spacial score (nSPS) is 15.7. The van der Waals surface area contributed by atoms with Gasteiger partial charge in [-0.15, -0.1) is 11.3 Å². The van der Waals surface area contributed by atoms with Gasteiger partial charge in [-0.25, -0.2) is 0 Å². The largest absolute Gasteiger partial charge is 0.479 e. The van der Waals surface area contributed by atoms with Crippen molar-refractivity contribution in [1.29, 1.82) is 0 Å². The third-order valence-electron chi connectivity index (χ3n) is 4.02. The van der Waals surface area contributed by atoms with Crippen molar-refractivity contribution in [1.82, 2.24) is 5.32 Å². The van der Waals surface area contributed by atoms with Crippen LogP contribution in [0.15, 0.2) is 41.8 Å². The SMILES string of the molecule is CC1Oc2ccccc2N(CCC(=O)OCC(=O)NCc2cccs2)C1=O. The van der Waals surface area contributed by atoms with Gasteiger partial charge < -0.3 is 19.7 Å². The topological polar surface area (TPSA) is 84.9 Å². The van der Waals surface area contributed by atoms with Gasteiger partial charge in [-0.1, -0.05) is 18.2 Å². The Morgan fingerprint density at radius 3 is 2.85 bits per heavy atom. The molecule has 1 aromatic heterocycles. The standard InChI is InChI=1S/C19H20N2O5S/c1-13-19(24)21(15-6-2-3-7-16(15)26-13)9-8-18(23)25-12-17(22)20-11-14-5-4-10-27-14/h2-7,10,13H,8-9,11-12H2,1H3,(H,20,22). The van der Waals surface area contributed by atoms with Crippen molar-refractivity contribution in [3.8, 4) is 5.75 Å². The Kier molecular flexibility index (Phi) is 6.08. The summed E-state index contributed by atoms with van der Waals surface area (Å²) in [6.07, 6.45) is -0.621. The molecular formula is C19H20N2O5S. The molecular weight excluding hydrogens is 368 g/mol. The van der Waals surface area contributed by atoms with Gasteiger partial charge in [0.15, 0.2) is 12.7 Å². The van der Waals surface area contributed by atoms with Gasteiger partial charge in [-0.05, 0) is 30.5 Å². The zero-order valence-electron chi connectivity index (χ0n) is 14.8. The number of nitrogens with zero attached hydrogens (tertiary/aromatic N) is 1. The first-order valence-corrected chi connectivity index (χ1v) is 9.44. The van der Waals surface area contributed by atoms with E-state index < -0.39 is 12.1 Å². The molecule has 0 bridgehead atoms. The maximum atomic E-state index is 12.4. The minimum Gasteiger partial charge on any atom is -0.479 e. The third kappa shape index (κ3) is 4.85. The van der Waals surface area contributed by atoms with Gasteiger partial charge in [0.05, 0.1) is 18.7 Å². The maximum Gasteiger partial charge on any atom is 0.308 e. The molecule has 1 aliphatic rings. The monoisotopic (exact) mass is 388 g/mol. The lowest BCUT2D eigenvalue weighted by molar-refractivity contribution is -0.148. The van der Waals surface area contributed by atoms with Gasteiger partial charge in [0.1, 0.15) is 5.75 Å². The number of hydrogen-bond acceptors (Lipinski definition) is 6. The number of esters is 1. The van der Waals surface area contributed by atoms with E-state index in [1.807, 2.05) is 23.6 Å². The molecule has 1 aliphatic heterocycles. The van der Waals surface area contributed by atoms with Crippen molar-refractivity contribution < 1.29 is 23.9 Å². The van der Waals surface area contributed by atoms with Crippen LogP contribution in [-0.4, -0.2) is 37.0 Å². The summed E-state index contributed by atoms with van der Waals surface area (Å²) in [6, 6.07) is 11.0. The summed E-state index contributed by atoms with van der Waals surface area (Å²) in [7, 11) is 0. The number of thiophene rings is 1. The highest BCUT2D eigenvalue weighted by molar-refractivity contribution is 7.09. The summed E-state index contributed by atoms with van der Waals surface area (Å²) < 4.78 is 10.6. The average Bonchev–Trinajstić information content (AvgIpc) is 3.18. The summed E-state index contributed by atoms with van der Waals surface area (Å²) in [4.78, 5) is 38.6. The number of nitrogens with one attached hydrogen (secondary N) is 1. The molecule has 1 atom stereocenters. The minimum absolute atomic E-state index is 0.00893. The highest BCUT2D eigenvalue weighted by Crippen LogP contribution is 2.33. The van der Waals surface area contributed by atoms with E-state index in [1.54, 1.807) is 25.1 Å². The minimum atomic E-state index is -0.612. The molecule has 3 rings (SSSR count). The summed E-state index contributed by atoms with van der Waals surface area (Å²) in [5, 5.41) is 4.61. The van der Waals surface area contributed by atoms with Crippen LogP contribution in [0.25, 0.3) is 0 Å². The van der Waals surface area contributed by atoms with Crippen LogP contribution in [0.5, 0.6) is 5.75 Å². The van der Waals surface area contributed by atoms with Crippen LogP contribution in [-0.2, 0) is 25.7 Å². The van der Waals surface area contributed by atoms with Crippen LogP contribution >= 0.6 is 11.3 Å². The second kappa shape index (κ2) is 8.68. The van der Waals surface area contributed by atoms with Gasteiger partial charge in [-0.2, -0.15) is 0 Å². The second-order valence-electron chi connectivity index (χ2n) is 5.98. The fourth-order valence-corrected chi connectivity index (χ4v) is 3.31. The number of amides is 2. The van der Waals surface area contributed by atoms with E-state index in [0.29, 0.717) is 18.0 Å². The molecule has 2 aromatic rings. The number of anilines is 1. The van der Waals surface area contributed by atoms with Gasteiger partial charge >= 0.3 is 5.97 Å². The van der Waals surface area contributed by atoms with E-state index in [9.17, 15) is 14.4 Å². The molecule has 2 amide bonds. The molecule has 2 heterocycles. The van der Waals surface area contributed by atoms with E-state index >= 15 is 0 Å². The van der Waals surface area contributed by atoms with E-state index in [-0.39, 0.29) is 31.4 Å². The predicted octanol–water partition coefficient (Wildman–Crippen LogP) is 2.11. The van der Waals surface area contributed by atoms with Crippen LogP contribution in [0.3, 0.4) is 0 Å². The summed E-state index contributed by atoms with van der Waals surface area (Å²) in [6.45, 7) is 1.90. The van der Waals surface area contributed by atoms with Crippen molar-refractivity contribution in [2.24, 2.45) is 0 Å². The Labute approximate surface area is 160 Å². The fraction of sp³-hybridized carbons (Fsp3) is 0.316. The molecule has 0 aliphatic carbocycles. The smallest absolute Gasteiger partial charge is 0.308 e. The van der Waals surface area contributed by atoms with Gasteiger partial charge in [0.25, 0.3) is 11.8 Å². The lowest BCUT2D eigenvalue weighted by Gasteiger charge is -2.32. The lowest BCUT2D eigenvalue weighted by Crippen LogP contribution is -2.45. The first kappa shape index (κ1) is 18.9. The number of carbonyl (C=O) groups is 3. The van der Waals surface area contributed by atoms with E-state index in [1.165, 1.54) is 16.2 Å². The predicted molar refractivity (Wildman–Crippen MR) is 101 cm³/mol. The zero-order chi connectivity index (χ0) is 19.2. The molecule has 27 heavy (non-hydrogen) atoms. The van der Waals surface area contributed by atoms with E-state index in [4.69, 9.17) is 9.47 Å². The number of fused-ring (bicyclic) bond motifs is 1. The Hall–Kier alpha value is -2.87. The van der Waals surface area contributed by atoms with Crippen LogP contribution in [0.4, 0.5) is 5.69 Å². The van der Waals surface area contributed by atoms with Crippen molar-refractivity contribution in [2.75, 3.05) is 18.1 Å². The second-order valence-corrected chi connectivity index (χ2v) is 7.02. The van der Waals surface area contributed by atoms with Crippen molar-refractivity contribution in [3.63, 3.8) is 0 Å². The van der Waals surface area contributed by atoms with Crippen molar-refractivity contribution >= 4 is 34.8 Å². The van der Waals surface area contributed by atoms with E-state index in [0.717, 1.165) is 4.88 Å². The van der Waals surface area contributed by atoms with Gasteiger partial charge in [0, 0.05) is 11.4 Å². The molecule has 8 heteroatoms. The third-order valence-corrected chi connectivity index (χ3v) is 4.89. The molecule has 0 saturated heterocycles. The van der Waals surface area contributed by atoms with Crippen LogP contribution in [0.1, 0.15) is 18.2 Å². The molecule has 1 N–H and O–H groups in total. The van der Waals surface area contributed by atoms with Crippen molar-refractivity contribution in [2.45, 2.75) is 26.0 Å². The lowest BCUT2D eigenvalue weighted by atomic mass is 10.2. The van der Waals surface area contributed by atoms with Crippen LogP contribution in [0, 0.1) is 0 Å². The summed E-state index contributed by atoms with van der Waals surface area (Å²) >= 11 is 1.54. The first-order valence-electron chi connectivity index (χ1n) is 8.56. The summed E-state index contributed by atoms with van der Waals surface area (Å²) in [5.74, 6) is -0.509. The average molecular weight is 388 g/mol. The highest BCUT2D eigenvalue weighted by Gasteiger charge is 2.31. The van der Waals surface area contributed by atoms with Crippen LogP contribution in [0.2, 0.25) is 0 Å². The fourth-order valence-electron chi connectivity index (χ4n) is 2.66.